The minimum Gasteiger partial charge on any atom is -0.192 e. The van der Waals surface area contributed by atoms with E-state index in [0.717, 1.165) is 17.1 Å². The Labute approximate surface area is 87.7 Å². The first-order valence-corrected chi connectivity index (χ1v) is 5.46. The molecule has 0 amide bonds. The van der Waals surface area contributed by atoms with Gasteiger partial charge in [0.25, 0.3) is 0 Å². The maximum atomic E-state index is 8.82. The Morgan fingerprint density at radius 3 is 2.92 bits per heavy atom. The van der Waals surface area contributed by atoms with Gasteiger partial charge in [0.05, 0.1) is 5.56 Å². The highest BCUT2D eigenvalue weighted by Crippen LogP contribution is 2.25. The van der Waals surface area contributed by atoms with Gasteiger partial charge in [0.1, 0.15) is 6.07 Å². The Hall–Kier alpha value is -0.650. The zero-order valence-electron chi connectivity index (χ0n) is 7.38. The predicted octanol–water partition coefficient (Wildman–Crippen LogP) is 3.71. The molecule has 0 radical (unpaired) electrons. The zero-order valence-corrected chi connectivity index (χ0v) is 8.95. The number of halogens is 1. The van der Waals surface area contributed by atoms with Gasteiger partial charge in [-0.3, -0.25) is 0 Å². The SMILES string of the molecule is CCCSc1ccc(Cl)cc1C#N. The van der Waals surface area contributed by atoms with Crippen LogP contribution in [0.5, 0.6) is 0 Å². The van der Waals surface area contributed by atoms with Gasteiger partial charge in [-0.2, -0.15) is 5.26 Å². The highest BCUT2D eigenvalue weighted by molar-refractivity contribution is 7.99. The molecule has 0 N–H and O–H groups in total. The summed E-state index contributed by atoms with van der Waals surface area (Å²) in [5.74, 6) is 1.04. The van der Waals surface area contributed by atoms with Gasteiger partial charge < -0.3 is 0 Å². The van der Waals surface area contributed by atoms with Crippen LogP contribution in [0.25, 0.3) is 0 Å². The highest BCUT2D eigenvalue weighted by Gasteiger charge is 2.02. The van der Waals surface area contributed by atoms with Crippen molar-refractivity contribution in [2.75, 3.05) is 5.75 Å². The molecule has 3 heteroatoms. The van der Waals surface area contributed by atoms with E-state index in [1.165, 1.54) is 0 Å². The van der Waals surface area contributed by atoms with Crippen molar-refractivity contribution in [2.45, 2.75) is 18.2 Å². The van der Waals surface area contributed by atoms with Crippen LogP contribution in [-0.2, 0) is 0 Å². The molecule has 0 atom stereocenters. The Morgan fingerprint density at radius 2 is 2.31 bits per heavy atom. The van der Waals surface area contributed by atoms with Crippen molar-refractivity contribution in [3.8, 4) is 6.07 Å². The number of hydrogen-bond donors (Lipinski definition) is 0. The normalized spacial score (nSPS) is 9.62. The van der Waals surface area contributed by atoms with E-state index in [0.29, 0.717) is 10.6 Å². The smallest absolute Gasteiger partial charge is 0.100 e. The summed E-state index contributed by atoms with van der Waals surface area (Å²) in [6.07, 6.45) is 1.11. The molecule has 0 aliphatic carbocycles. The average Bonchev–Trinajstić information content (AvgIpc) is 2.16. The fraction of sp³-hybridized carbons (Fsp3) is 0.300. The van der Waals surface area contributed by atoms with Crippen molar-refractivity contribution in [3.63, 3.8) is 0 Å². The maximum Gasteiger partial charge on any atom is 0.100 e. The molecular formula is C10H10ClNS. The van der Waals surface area contributed by atoms with Crippen molar-refractivity contribution in [3.05, 3.63) is 28.8 Å². The molecule has 1 rings (SSSR count). The third-order valence-corrected chi connectivity index (χ3v) is 3.04. The summed E-state index contributed by atoms with van der Waals surface area (Å²) in [7, 11) is 0. The van der Waals surface area contributed by atoms with Crippen LogP contribution in [0, 0.1) is 11.3 Å². The summed E-state index contributed by atoms with van der Waals surface area (Å²) in [5.41, 5.74) is 0.672. The summed E-state index contributed by atoms with van der Waals surface area (Å²) in [6.45, 7) is 2.12. The predicted molar refractivity (Wildman–Crippen MR) is 57.2 cm³/mol. The average molecular weight is 212 g/mol. The quantitative estimate of drug-likeness (QED) is 0.712. The number of thioether (sulfide) groups is 1. The molecule has 0 fully saturated rings. The second-order valence-electron chi connectivity index (χ2n) is 2.60. The second-order valence-corrected chi connectivity index (χ2v) is 4.17. The molecule has 0 aliphatic rings. The first-order chi connectivity index (χ1) is 6.27. The van der Waals surface area contributed by atoms with E-state index in [1.54, 1.807) is 17.8 Å². The third-order valence-electron chi connectivity index (χ3n) is 1.52. The van der Waals surface area contributed by atoms with Gasteiger partial charge in [0.15, 0.2) is 0 Å². The van der Waals surface area contributed by atoms with Crippen LogP contribution in [-0.4, -0.2) is 5.75 Å². The van der Waals surface area contributed by atoms with E-state index >= 15 is 0 Å². The molecule has 0 spiro atoms. The lowest BCUT2D eigenvalue weighted by atomic mass is 10.2. The van der Waals surface area contributed by atoms with Crippen molar-refractivity contribution in [1.29, 1.82) is 5.26 Å². The monoisotopic (exact) mass is 211 g/mol. The van der Waals surface area contributed by atoms with E-state index in [9.17, 15) is 0 Å². The molecule has 13 heavy (non-hydrogen) atoms. The van der Waals surface area contributed by atoms with Crippen LogP contribution < -0.4 is 0 Å². The molecular weight excluding hydrogens is 202 g/mol. The van der Waals surface area contributed by atoms with Gasteiger partial charge in [-0.05, 0) is 30.4 Å². The van der Waals surface area contributed by atoms with Crippen molar-refractivity contribution in [2.24, 2.45) is 0 Å². The minimum absolute atomic E-state index is 0.623. The van der Waals surface area contributed by atoms with E-state index < -0.39 is 0 Å². The van der Waals surface area contributed by atoms with Crippen molar-refractivity contribution >= 4 is 23.4 Å². The van der Waals surface area contributed by atoms with Gasteiger partial charge in [-0.25, -0.2) is 0 Å². The Balaban J connectivity index is 2.88. The minimum atomic E-state index is 0.623. The van der Waals surface area contributed by atoms with E-state index in [-0.39, 0.29) is 0 Å². The molecule has 0 unspecified atom stereocenters. The van der Waals surface area contributed by atoms with Gasteiger partial charge in [-0.1, -0.05) is 18.5 Å². The van der Waals surface area contributed by atoms with Crippen LogP contribution in [0.3, 0.4) is 0 Å². The van der Waals surface area contributed by atoms with Gasteiger partial charge in [0.2, 0.25) is 0 Å². The Morgan fingerprint density at radius 1 is 1.54 bits per heavy atom. The van der Waals surface area contributed by atoms with Gasteiger partial charge in [0, 0.05) is 9.92 Å². The summed E-state index contributed by atoms with van der Waals surface area (Å²) in [4.78, 5) is 1.02. The van der Waals surface area contributed by atoms with Crippen LogP contribution in [0.1, 0.15) is 18.9 Å². The molecule has 1 nitrogen and oxygen atoms in total. The highest BCUT2D eigenvalue weighted by atomic mass is 35.5. The number of hydrogen-bond acceptors (Lipinski definition) is 2. The summed E-state index contributed by atoms with van der Waals surface area (Å²) < 4.78 is 0. The molecule has 1 aromatic rings. The van der Waals surface area contributed by atoms with Crippen molar-refractivity contribution < 1.29 is 0 Å². The third kappa shape index (κ3) is 2.95. The first kappa shape index (κ1) is 10.4. The molecule has 1 aromatic carbocycles. The number of rotatable bonds is 3. The Bertz CT molecular complexity index is 330. The lowest BCUT2D eigenvalue weighted by molar-refractivity contribution is 1.10. The van der Waals surface area contributed by atoms with Gasteiger partial charge in [-0.15, -0.1) is 11.8 Å². The lowest BCUT2D eigenvalue weighted by Gasteiger charge is -2.02. The van der Waals surface area contributed by atoms with Crippen LogP contribution in [0.15, 0.2) is 23.1 Å². The molecule has 68 valence electrons. The molecule has 0 heterocycles. The van der Waals surface area contributed by atoms with E-state index in [4.69, 9.17) is 16.9 Å². The van der Waals surface area contributed by atoms with Gasteiger partial charge >= 0.3 is 0 Å². The largest absolute Gasteiger partial charge is 0.192 e. The molecule has 0 saturated carbocycles. The summed E-state index contributed by atoms with van der Waals surface area (Å²) in [5, 5.41) is 9.44. The fourth-order valence-corrected chi connectivity index (χ4v) is 1.95. The van der Waals surface area contributed by atoms with Crippen molar-refractivity contribution in [1.82, 2.24) is 0 Å². The second kappa shape index (κ2) is 5.16. The van der Waals surface area contributed by atoms with E-state index in [1.807, 2.05) is 12.1 Å². The fourth-order valence-electron chi connectivity index (χ4n) is 0.927. The Kier molecular flexibility index (Phi) is 4.14. The number of benzene rings is 1. The molecule has 0 aromatic heterocycles. The molecule has 0 aliphatic heterocycles. The maximum absolute atomic E-state index is 8.82. The molecule has 0 bridgehead atoms. The lowest BCUT2D eigenvalue weighted by Crippen LogP contribution is -1.82. The van der Waals surface area contributed by atoms with Crippen LogP contribution >= 0.6 is 23.4 Å². The topological polar surface area (TPSA) is 23.8 Å². The standard InChI is InChI=1S/C10H10ClNS/c1-2-5-13-10-4-3-9(11)6-8(10)7-12/h3-4,6H,2,5H2,1H3. The zero-order chi connectivity index (χ0) is 9.68. The van der Waals surface area contributed by atoms with E-state index in [2.05, 4.69) is 13.0 Å². The number of nitriles is 1. The van der Waals surface area contributed by atoms with Crippen LogP contribution in [0.4, 0.5) is 0 Å². The summed E-state index contributed by atoms with van der Waals surface area (Å²) in [6, 6.07) is 7.57. The molecule has 0 saturated heterocycles. The number of nitrogens with zero attached hydrogens (tertiary/aromatic N) is 1. The van der Waals surface area contributed by atoms with Crippen LogP contribution in [0.2, 0.25) is 5.02 Å². The summed E-state index contributed by atoms with van der Waals surface area (Å²) >= 11 is 7.47. The first-order valence-electron chi connectivity index (χ1n) is 4.10.